The van der Waals surface area contributed by atoms with Crippen molar-refractivity contribution in [3.63, 3.8) is 0 Å². The molecule has 0 bridgehead atoms. The number of amides is 1. The van der Waals surface area contributed by atoms with Crippen LogP contribution in [-0.4, -0.2) is 56.0 Å². The summed E-state index contributed by atoms with van der Waals surface area (Å²) in [6, 6.07) is 5.76. The first-order valence-electron chi connectivity index (χ1n) is 9.45. The molecule has 1 atom stereocenters. The van der Waals surface area contributed by atoms with E-state index in [9.17, 15) is 9.59 Å². The molecule has 1 aromatic carbocycles. The molecule has 1 aliphatic heterocycles. The van der Waals surface area contributed by atoms with Crippen LogP contribution in [0.3, 0.4) is 0 Å². The number of nitrogens with zero attached hydrogens (tertiary/aromatic N) is 2. The van der Waals surface area contributed by atoms with E-state index in [1.807, 2.05) is 24.0 Å². The third-order valence-electron chi connectivity index (χ3n) is 5.55. The smallest absolute Gasteiger partial charge is 0.340 e. The quantitative estimate of drug-likeness (QED) is 0.772. The highest BCUT2D eigenvalue weighted by Gasteiger charge is 2.25. The Morgan fingerprint density at radius 3 is 2.81 bits per heavy atom. The molecule has 1 saturated heterocycles. The predicted molar refractivity (Wildman–Crippen MR) is 105 cm³/mol. The summed E-state index contributed by atoms with van der Waals surface area (Å²) in [4.78, 5) is 29.5. The first-order chi connectivity index (χ1) is 12.9. The molecule has 1 fully saturated rings. The number of ether oxygens (including phenoxy) is 1. The molecule has 6 nitrogen and oxygen atoms in total. The Bertz CT molecular complexity index is 888. The molecular formula is C21H28N2O4. The van der Waals surface area contributed by atoms with E-state index in [1.165, 1.54) is 0 Å². The molecule has 1 aliphatic rings. The SMILES string of the molecule is COc1ccc2c(C)c(CC(=O)N3CCCCC(N(C)C)C3)c(=O)oc2c1. The number of rotatable bonds is 4. The molecule has 3 rings (SSSR count). The highest BCUT2D eigenvalue weighted by atomic mass is 16.5. The van der Waals surface area contributed by atoms with Gasteiger partial charge in [-0.05, 0) is 51.6 Å². The zero-order chi connectivity index (χ0) is 19.6. The van der Waals surface area contributed by atoms with E-state index < -0.39 is 5.63 Å². The van der Waals surface area contributed by atoms with E-state index in [0.29, 0.717) is 29.5 Å². The Hall–Kier alpha value is -2.34. The Morgan fingerprint density at radius 1 is 1.33 bits per heavy atom. The second-order valence-corrected chi connectivity index (χ2v) is 7.48. The first kappa shape index (κ1) is 19.4. The summed E-state index contributed by atoms with van der Waals surface area (Å²) in [7, 11) is 5.67. The van der Waals surface area contributed by atoms with Crippen molar-refractivity contribution < 1.29 is 13.9 Å². The average molecular weight is 372 g/mol. The fraction of sp³-hybridized carbons (Fsp3) is 0.524. The fourth-order valence-electron chi connectivity index (χ4n) is 3.74. The Morgan fingerprint density at radius 2 is 2.11 bits per heavy atom. The molecule has 2 heterocycles. The van der Waals surface area contributed by atoms with Gasteiger partial charge in [0.25, 0.3) is 0 Å². The number of carbonyl (C=O) groups excluding carboxylic acids is 1. The number of hydrogen-bond acceptors (Lipinski definition) is 5. The molecule has 0 radical (unpaired) electrons. The Kier molecular flexibility index (Phi) is 5.85. The van der Waals surface area contributed by atoms with Gasteiger partial charge in [-0.15, -0.1) is 0 Å². The average Bonchev–Trinajstić information content (AvgIpc) is 2.91. The van der Waals surface area contributed by atoms with Crippen LogP contribution in [0.25, 0.3) is 11.0 Å². The maximum atomic E-state index is 12.9. The highest BCUT2D eigenvalue weighted by molar-refractivity contribution is 5.85. The van der Waals surface area contributed by atoms with Crippen molar-refractivity contribution in [3.05, 3.63) is 39.7 Å². The zero-order valence-corrected chi connectivity index (χ0v) is 16.6. The lowest BCUT2D eigenvalue weighted by Gasteiger charge is -2.28. The van der Waals surface area contributed by atoms with Crippen LogP contribution in [0.15, 0.2) is 27.4 Å². The van der Waals surface area contributed by atoms with Gasteiger partial charge in [-0.3, -0.25) is 4.79 Å². The topological polar surface area (TPSA) is 63.0 Å². The van der Waals surface area contributed by atoms with E-state index in [2.05, 4.69) is 19.0 Å². The molecule has 0 saturated carbocycles. The summed E-state index contributed by atoms with van der Waals surface area (Å²) in [5.41, 5.74) is 1.29. The molecule has 1 aromatic heterocycles. The molecule has 1 amide bonds. The lowest BCUT2D eigenvalue weighted by molar-refractivity contribution is -0.131. The normalized spacial score (nSPS) is 18.0. The number of likely N-dealkylation sites (tertiary alicyclic amines) is 1. The van der Waals surface area contributed by atoms with Crippen LogP contribution in [0, 0.1) is 6.92 Å². The number of benzene rings is 1. The fourth-order valence-corrected chi connectivity index (χ4v) is 3.74. The predicted octanol–water partition coefficient (Wildman–Crippen LogP) is 2.60. The number of fused-ring (bicyclic) bond motifs is 1. The summed E-state index contributed by atoms with van der Waals surface area (Å²) < 4.78 is 10.7. The zero-order valence-electron chi connectivity index (χ0n) is 16.6. The van der Waals surface area contributed by atoms with Gasteiger partial charge < -0.3 is 19.0 Å². The standard InChI is InChI=1S/C21H28N2O4/c1-14-17-9-8-16(26-4)11-19(17)27-21(25)18(14)12-20(24)23-10-6-5-7-15(13-23)22(2)3/h8-9,11,15H,5-7,10,12-13H2,1-4H3. The maximum absolute atomic E-state index is 12.9. The van der Waals surface area contributed by atoms with Crippen molar-refractivity contribution in [1.82, 2.24) is 9.80 Å². The number of carbonyl (C=O) groups is 1. The molecule has 146 valence electrons. The summed E-state index contributed by atoms with van der Waals surface area (Å²) in [5.74, 6) is 0.625. The molecular weight excluding hydrogens is 344 g/mol. The number of methoxy groups -OCH3 is 1. The van der Waals surface area contributed by atoms with Crippen LogP contribution in [0.4, 0.5) is 0 Å². The minimum Gasteiger partial charge on any atom is -0.497 e. The minimum atomic E-state index is -0.444. The highest BCUT2D eigenvalue weighted by Crippen LogP contribution is 2.24. The van der Waals surface area contributed by atoms with Crippen molar-refractivity contribution in [2.75, 3.05) is 34.3 Å². The van der Waals surface area contributed by atoms with Gasteiger partial charge >= 0.3 is 5.63 Å². The Balaban J connectivity index is 1.87. The summed E-state index contributed by atoms with van der Waals surface area (Å²) in [6.45, 7) is 3.33. The molecule has 1 unspecified atom stereocenters. The van der Waals surface area contributed by atoms with Gasteiger partial charge in [0.05, 0.1) is 19.1 Å². The van der Waals surface area contributed by atoms with Gasteiger partial charge in [0.15, 0.2) is 0 Å². The first-order valence-corrected chi connectivity index (χ1v) is 9.45. The number of aryl methyl sites for hydroxylation is 1. The maximum Gasteiger partial charge on any atom is 0.340 e. The van der Waals surface area contributed by atoms with Crippen LogP contribution in [0.2, 0.25) is 0 Å². The van der Waals surface area contributed by atoms with Gasteiger partial charge in [-0.1, -0.05) is 6.42 Å². The number of likely N-dealkylation sites (N-methyl/N-ethyl adjacent to an activating group) is 1. The Labute approximate surface area is 159 Å². The molecule has 0 N–H and O–H groups in total. The van der Waals surface area contributed by atoms with Crippen LogP contribution in [-0.2, 0) is 11.2 Å². The molecule has 0 spiro atoms. The van der Waals surface area contributed by atoms with Crippen molar-refractivity contribution in [3.8, 4) is 5.75 Å². The van der Waals surface area contributed by atoms with Gasteiger partial charge in [-0.2, -0.15) is 0 Å². The summed E-state index contributed by atoms with van der Waals surface area (Å²) in [6.07, 6.45) is 3.29. The van der Waals surface area contributed by atoms with Crippen LogP contribution < -0.4 is 10.4 Å². The van der Waals surface area contributed by atoms with Crippen LogP contribution >= 0.6 is 0 Å². The van der Waals surface area contributed by atoms with Crippen molar-refractivity contribution >= 4 is 16.9 Å². The minimum absolute atomic E-state index is 0.00740. The van der Waals surface area contributed by atoms with Gasteiger partial charge in [0, 0.05) is 30.6 Å². The second-order valence-electron chi connectivity index (χ2n) is 7.48. The van der Waals surface area contributed by atoms with E-state index in [0.717, 1.165) is 36.8 Å². The third-order valence-corrected chi connectivity index (χ3v) is 5.55. The lowest BCUT2D eigenvalue weighted by atomic mass is 10.0. The number of hydrogen-bond donors (Lipinski definition) is 0. The van der Waals surface area contributed by atoms with E-state index in [-0.39, 0.29) is 12.3 Å². The monoisotopic (exact) mass is 372 g/mol. The van der Waals surface area contributed by atoms with Crippen molar-refractivity contribution in [1.29, 1.82) is 0 Å². The van der Waals surface area contributed by atoms with Gasteiger partial charge in [0.1, 0.15) is 11.3 Å². The third kappa shape index (κ3) is 4.16. The molecule has 0 aliphatic carbocycles. The van der Waals surface area contributed by atoms with Crippen LogP contribution in [0.5, 0.6) is 5.75 Å². The molecule has 27 heavy (non-hydrogen) atoms. The van der Waals surface area contributed by atoms with E-state index in [4.69, 9.17) is 9.15 Å². The van der Waals surface area contributed by atoms with Gasteiger partial charge in [0.2, 0.25) is 5.91 Å². The van der Waals surface area contributed by atoms with E-state index in [1.54, 1.807) is 13.2 Å². The molecule has 6 heteroatoms. The van der Waals surface area contributed by atoms with E-state index >= 15 is 0 Å². The van der Waals surface area contributed by atoms with Gasteiger partial charge in [-0.25, -0.2) is 4.79 Å². The lowest BCUT2D eigenvalue weighted by Crippen LogP contribution is -2.42. The largest absolute Gasteiger partial charge is 0.497 e. The van der Waals surface area contributed by atoms with Crippen LogP contribution in [0.1, 0.15) is 30.4 Å². The van der Waals surface area contributed by atoms with Crippen molar-refractivity contribution in [2.24, 2.45) is 0 Å². The second kappa shape index (κ2) is 8.13. The van der Waals surface area contributed by atoms with Crippen molar-refractivity contribution in [2.45, 2.75) is 38.6 Å². The summed E-state index contributed by atoms with van der Waals surface area (Å²) in [5, 5.41) is 0.834. The molecule has 2 aromatic rings. The summed E-state index contributed by atoms with van der Waals surface area (Å²) >= 11 is 0.